The van der Waals surface area contributed by atoms with Crippen molar-refractivity contribution in [3.8, 4) is 0 Å². The predicted octanol–water partition coefficient (Wildman–Crippen LogP) is 1.81. The van der Waals surface area contributed by atoms with Gasteiger partial charge in [-0.25, -0.2) is 0 Å². The van der Waals surface area contributed by atoms with Crippen LogP contribution in [-0.2, 0) is 16.0 Å². The SMILES string of the molecule is CC(NC(=O)C(O)c1ccccc1)C(=O)N1CCc2ccccc21. The summed E-state index contributed by atoms with van der Waals surface area (Å²) in [5.74, 6) is -0.747. The Morgan fingerprint density at radius 1 is 1.08 bits per heavy atom. The summed E-state index contributed by atoms with van der Waals surface area (Å²) < 4.78 is 0. The smallest absolute Gasteiger partial charge is 0.254 e. The number of carbonyl (C=O) groups excluding carboxylic acids is 2. The third-order valence-electron chi connectivity index (χ3n) is 4.25. The van der Waals surface area contributed by atoms with E-state index in [-0.39, 0.29) is 5.91 Å². The van der Waals surface area contributed by atoms with E-state index in [4.69, 9.17) is 0 Å². The molecule has 0 aromatic heterocycles. The topological polar surface area (TPSA) is 69.6 Å². The normalized spacial score (nSPS) is 15.5. The van der Waals surface area contributed by atoms with Crippen LogP contribution in [0.4, 0.5) is 5.69 Å². The van der Waals surface area contributed by atoms with Crippen LogP contribution >= 0.6 is 0 Å². The summed E-state index contributed by atoms with van der Waals surface area (Å²) in [6.07, 6.45) is -0.470. The lowest BCUT2D eigenvalue weighted by Crippen LogP contribution is -2.47. The van der Waals surface area contributed by atoms with Crippen LogP contribution in [-0.4, -0.2) is 29.5 Å². The molecular formula is C19H20N2O3. The molecule has 0 bridgehead atoms. The molecule has 2 N–H and O–H groups in total. The number of rotatable bonds is 4. The van der Waals surface area contributed by atoms with E-state index in [0.717, 1.165) is 17.7 Å². The van der Waals surface area contributed by atoms with E-state index < -0.39 is 18.1 Å². The van der Waals surface area contributed by atoms with Crippen LogP contribution in [0.25, 0.3) is 0 Å². The van der Waals surface area contributed by atoms with Gasteiger partial charge in [-0.05, 0) is 30.5 Å². The molecule has 0 spiro atoms. The molecule has 3 rings (SSSR count). The van der Waals surface area contributed by atoms with Gasteiger partial charge in [0.25, 0.3) is 5.91 Å². The Labute approximate surface area is 140 Å². The monoisotopic (exact) mass is 324 g/mol. The molecule has 2 unspecified atom stereocenters. The van der Waals surface area contributed by atoms with Gasteiger partial charge in [-0.1, -0.05) is 48.5 Å². The maximum Gasteiger partial charge on any atom is 0.254 e. The summed E-state index contributed by atoms with van der Waals surface area (Å²) in [5.41, 5.74) is 2.53. The van der Waals surface area contributed by atoms with Crippen molar-refractivity contribution in [2.75, 3.05) is 11.4 Å². The molecule has 0 saturated heterocycles. The molecule has 0 saturated carbocycles. The number of benzene rings is 2. The van der Waals surface area contributed by atoms with Crippen molar-refractivity contribution in [3.63, 3.8) is 0 Å². The number of nitrogens with zero attached hydrogens (tertiary/aromatic N) is 1. The van der Waals surface area contributed by atoms with Crippen molar-refractivity contribution in [3.05, 3.63) is 65.7 Å². The third kappa shape index (κ3) is 3.16. The first-order valence-corrected chi connectivity index (χ1v) is 8.00. The van der Waals surface area contributed by atoms with Crippen LogP contribution in [0, 0.1) is 0 Å². The Bertz CT molecular complexity index is 745. The van der Waals surface area contributed by atoms with Crippen LogP contribution in [0.3, 0.4) is 0 Å². The molecule has 5 nitrogen and oxygen atoms in total. The number of aliphatic hydroxyl groups is 1. The minimum atomic E-state index is -1.28. The molecule has 1 heterocycles. The maximum absolute atomic E-state index is 12.6. The standard InChI is InChI=1S/C19H20N2O3/c1-13(20-18(23)17(22)15-8-3-2-4-9-15)19(24)21-12-11-14-7-5-6-10-16(14)21/h2-10,13,17,22H,11-12H2,1H3,(H,20,23). The minimum Gasteiger partial charge on any atom is -0.378 e. The van der Waals surface area contributed by atoms with Gasteiger partial charge in [0.2, 0.25) is 5.91 Å². The van der Waals surface area contributed by atoms with E-state index >= 15 is 0 Å². The number of nitrogens with one attached hydrogen (secondary N) is 1. The fraction of sp³-hybridized carbons (Fsp3) is 0.263. The third-order valence-corrected chi connectivity index (χ3v) is 4.25. The number of anilines is 1. The van der Waals surface area contributed by atoms with Crippen molar-refractivity contribution >= 4 is 17.5 Å². The Morgan fingerprint density at radius 2 is 1.75 bits per heavy atom. The van der Waals surface area contributed by atoms with E-state index in [0.29, 0.717) is 12.1 Å². The highest BCUT2D eigenvalue weighted by molar-refractivity contribution is 6.00. The summed E-state index contributed by atoms with van der Waals surface area (Å²) in [6.45, 7) is 2.25. The molecule has 0 fully saturated rings. The summed E-state index contributed by atoms with van der Waals surface area (Å²) in [4.78, 5) is 26.5. The second-order valence-electron chi connectivity index (χ2n) is 5.91. The van der Waals surface area contributed by atoms with Crippen molar-refractivity contribution in [1.29, 1.82) is 0 Å². The van der Waals surface area contributed by atoms with Gasteiger partial charge in [0.1, 0.15) is 6.04 Å². The number of carbonyl (C=O) groups is 2. The van der Waals surface area contributed by atoms with E-state index in [1.54, 1.807) is 36.1 Å². The Hall–Kier alpha value is -2.66. The number of hydrogen-bond donors (Lipinski definition) is 2. The average Bonchev–Trinajstić information content (AvgIpc) is 3.05. The van der Waals surface area contributed by atoms with Crippen molar-refractivity contribution in [2.45, 2.75) is 25.5 Å². The second-order valence-corrected chi connectivity index (χ2v) is 5.91. The molecule has 2 amide bonds. The first-order valence-electron chi connectivity index (χ1n) is 8.00. The Kier molecular flexibility index (Phi) is 4.62. The first kappa shape index (κ1) is 16.2. The number of para-hydroxylation sites is 1. The van der Waals surface area contributed by atoms with E-state index in [9.17, 15) is 14.7 Å². The number of amides is 2. The zero-order valence-electron chi connectivity index (χ0n) is 13.5. The van der Waals surface area contributed by atoms with Crippen LogP contribution in [0.1, 0.15) is 24.2 Å². The molecule has 2 aromatic rings. The number of hydrogen-bond acceptors (Lipinski definition) is 3. The molecule has 124 valence electrons. The van der Waals surface area contributed by atoms with Crippen LogP contribution < -0.4 is 10.2 Å². The highest BCUT2D eigenvalue weighted by Gasteiger charge is 2.29. The molecule has 0 aliphatic carbocycles. The Balaban J connectivity index is 1.66. The quantitative estimate of drug-likeness (QED) is 0.901. The molecule has 5 heteroatoms. The lowest BCUT2D eigenvalue weighted by molar-refractivity contribution is -0.133. The summed E-state index contributed by atoms with van der Waals surface area (Å²) >= 11 is 0. The number of fused-ring (bicyclic) bond motifs is 1. The zero-order chi connectivity index (χ0) is 17.1. The van der Waals surface area contributed by atoms with E-state index in [1.807, 2.05) is 30.3 Å². The molecule has 2 atom stereocenters. The largest absolute Gasteiger partial charge is 0.378 e. The highest BCUT2D eigenvalue weighted by Crippen LogP contribution is 2.27. The van der Waals surface area contributed by atoms with Gasteiger partial charge >= 0.3 is 0 Å². The molecule has 1 aliphatic heterocycles. The van der Waals surface area contributed by atoms with Gasteiger partial charge in [0.15, 0.2) is 6.10 Å². The van der Waals surface area contributed by atoms with Gasteiger partial charge in [0, 0.05) is 12.2 Å². The number of aliphatic hydroxyl groups excluding tert-OH is 1. The average molecular weight is 324 g/mol. The second kappa shape index (κ2) is 6.84. The maximum atomic E-state index is 12.6. The van der Waals surface area contributed by atoms with Gasteiger partial charge in [-0.15, -0.1) is 0 Å². The molecule has 2 aromatic carbocycles. The summed E-state index contributed by atoms with van der Waals surface area (Å²) in [6, 6.07) is 15.7. The van der Waals surface area contributed by atoms with Crippen molar-refractivity contribution < 1.29 is 14.7 Å². The minimum absolute atomic E-state index is 0.173. The fourth-order valence-electron chi connectivity index (χ4n) is 2.94. The lowest BCUT2D eigenvalue weighted by atomic mass is 10.1. The van der Waals surface area contributed by atoms with Gasteiger partial charge in [0.05, 0.1) is 0 Å². The first-order chi connectivity index (χ1) is 11.6. The summed E-state index contributed by atoms with van der Waals surface area (Å²) in [5, 5.41) is 12.7. The zero-order valence-corrected chi connectivity index (χ0v) is 13.5. The van der Waals surface area contributed by atoms with Gasteiger partial charge < -0.3 is 15.3 Å². The molecule has 1 aliphatic rings. The van der Waals surface area contributed by atoms with Gasteiger partial charge in [-0.2, -0.15) is 0 Å². The summed E-state index contributed by atoms with van der Waals surface area (Å²) in [7, 11) is 0. The van der Waals surface area contributed by atoms with E-state index in [1.165, 1.54) is 0 Å². The molecule has 0 radical (unpaired) electrons. The van der Waals surface area contributed by atoms with Gasteiger partial charge in [-0.3, -0.25) is 9.59 Å². The molecular weight excluding hydrogens is 304 g/mol. The van der Waals surface area contributed by atoms with Crippen molar-refractivity contribution in [1.82, 2.24) is 5.32 Å². The van der Waals surface area contributed by atoms with Crippen LogP contribution in [0.15, 0.2) is 54.6 Å². The highest BCUT2D eigenvalue weighted by atomic mass is 16.3. The predicted molar refractivity (Wildman–Crippen MR) is 91.5 cm³/mol. The van der Waals surface area contributed by atoms with E-state index in [2.05, 4.69) is 5.32 Å². The van der Waals surface area contributed by atoms with Crippen LogP contribution in [0.2, 0.25) is 0 Å². The molecule has 24 heavy (non-hydrogen) atoms. The lowest BCUT2D eigenvalue weighted by Gasteiger charge is -2.23. The fourth-order valence-corrected chi connectivity index (χ4v) is 2.94. The van der Waals surface area contributed by atoms with Crippen molar-refractivity contribution in [2.24, 2.45) is 0 Å². The Morgan fingerprint density at radius 3 is 2.50 bits per heavy atom. The van der Waals surface area contributed by atoms with Crippen LogP contribution in [0.5, 0.6) is 0 Å².